The topological polar surface area (TPSA) is 77.5 Å². The van der Waals surface area contributed by atoms with Gasteiger partial charge in [0.1, 0.15) is 5.82 Å². The Hall–Kier alpha value is -1.82. The van der Waals surface area contributed by atoms with E-state index in [9.17, 15) is 4.79 Å². The summed E-state index contributed by atoms with van der Waals surface area (Å²) in [5.41, 5.74) is 1.03. The molecule has 1 fully saturated rings. The van der Waals surface area contributed by atoms with Crippen molar-refractivity contribution in [2.75, 3.05) is 24.6 Å². The quantitative estimate of drug-likeness (QED) is 0.747. The second-order valence-corrected chi connectivity index (χ2v) is 5.68. The number of carbonyl (C=O) groups is 1. The summed E-state index contributed by atoms with van der Waals surface area (Å²) in [4.78, 5) is 18.5. The summed E-state index contributed by atoms with van der Waals surface area (Å²) < 4.78 is 0. The molecule has 2 amide bonds. The van der Waals surface area contributed by atoms with Crippen molar-refractivity contribution in [3.63, 3.8) is 0 Å². The van der Waals surface area contributed by atoms with Gasteiger partial charge in [-0.1, -0.05) is 6.92 Å². The van der Waals surface area contributed by atoms with E-state index in [0.29, 0.717) is 13.0 Å². The summed E-state index contributed by atoms with van der Waals surface area (Å²) in [6.07, 6.45) is 6.22. The number of carbonyl (C=O) groups excluding carboxylic acids is 1. The monoisotopic (exact) mass is 306 g/mol. The molecule has 0 saturated carbocycles. The average molecular weight is 306 g/mol. The van der Waals surface area contributed by atoms with Crippen molar-refractivity contribution in [3.8, 4) is 0 Å². The van der Waals surface area contributed by atoms with Crippen molar-refractivity contribution in [3.05, 3.63) is 23.9 Å². The summed E-state index contributed by atoms with van der Waals surface area (Å²) in [5, 5.41) is 14.6. The molecule has 0 bridgehead atoms. The van der Waals surface area contributed by atoms with Crippen molar-refractivity contribution in [2.45, 2.75) is 45.2 Å². The number of rotatable bonds is 6. The van der Waals surface area contributed by atoms with Gasteiger partial charge in [-0.15, -0.1) is 0 Å². The van der Waals surface area contributed by atoms with Crippen LogP contribution in [0.25, 0.3) is 0 Å². The Morgan fingerprint density at radius 3 is 2.86 bits per heavy atom. The molecule has 3 N–H and O–H groups in total. The van der Waals surface area contributed by atoms with Gasteiger partial charge in [0.2, 0.25) is 0 Å². The molecule has 6 nitrogen and oxygen atoms in total. The molecule has 0 spiro atoms. The summed E-state index contributed by atoms with van der Waals surface area (Å²) >= 11 is 0. The SMILES string of the molecule is CC[C@H](CO)NC(=O)NCc1ccnc(N2CCCCC2)c1. The van der Waals surface area contributed by atoms with Gasteiger partial charge in [0, 0.05) is 25.8 Å². The minimum Gasteiger partial charge on any atom is -0.394 e. The predicted molar refractivity (Wildman–Crippen MR) is 86.8 cm³/mol. The fourth-order valence-electron chi connectivity index (χ4n) is 2.56. The maximum Gasteiger partial charge on any atom is 0.315 e. The Morgan fingerprint density at radius 2 is 2.18 bits per heavy atom. The number of amides is 2. The molecule has 22 heavy (non-hydrogen) atoms. The third-order valence-corrected chi connectivity index (χ3v) is 3.99. The fraction of sp³-hybridized carbons (Fsp3) is 0.625. The van der Waals surface area contributed by atoms with Crippen molar-refractivity contribution in [2.24, 2.45) is 0 Å². The van der Waals surface area contributed by atoms with Crippen LogP contribution in [0.5, 0.6) is 0 Å². The van der Waals surface area contributed by atoms with E-state index in [1.165, 1.54) is 19.3 Å². The van der Waals surface area contributed by atoms with E-state index < -0.39 is 0 Å². The molecule has 1 saturated heterocycles. The van der Waals surface area contributed by atoms with E-state index in [1.54, 1.807) is 6.20 Å². The molecule has 122 valence electrons. The van der Waals surface area contributed by atoms with Gasteiger partial charge in [0.15, 0.2) is 0 Å². The molecule has 0 aliphatic carbocycles. The van der Waals surface area contributed by atoms with Crippen LogP contribution < -0.4 is 15.5 Å². The highest BCUT2D eigenvalue weighted by Crippen LogP contribution is 2.18. The number of pyridine rings is 1. The molecule has 1 aromatic rings. The fourth-order valence-corrected chi connectivity index (χ4v) is 2.56. The predicted octanol–water partition coefficient (Wildman–Crippen LogP) is 1.64. The van der Waals surface area contributed by atoms with Crippen molar-refractivity contribution in [1.29, 1.82) is 0 Å². The molecular formula is C16H26N4O2. The zero-order valence-electron chi connectivity index (χ0n) is 13.2. The lowest BCUT2D eigenvalue weighted by molar-refractivity contribution is 0.214. The molecule has 2 heterocycles. The summed E-state index contributed by atoms with van der Waals surface area (Å²) in [6, 6.07) is 3.50. The van der Waals surface area contributed by atoms with E-state index in [4.69, 9.17) is 5.11 Å². The largest absolute Gasteiger partial charge is 0.394 e. The molecule has 1 atom stereocenters. The summed E-state index contributed by atoms with van der Waals surface area (Å²) in [5.74, 6) is 0.987. The van der Waals surface area contributed by atoms with E-state index >= 15 is 0 Å². The van der Waals surface area contributed by atoms with Crippen LogP contribution in [-0.2, 0) is 6.54 Å². The van der Waals surface area contributed by atoms with Crippen LogP contribution in [0.2, 0.25) is 0 Å². The first-order chi connectivity index (χ1) is 10.7. The van der Waals surface area contributed by atoms with Crippen LogP contribution in [0.15, 0.2) is 18.3 Å². The number of urea groups is 1. The maximum atomic E-state index is 11.8. The van der Waals surface area contributed by atoms with Crippen LogP contribution in [0.3, 0.4) is 0 Å². The first-order valence-electron chi connectivity index (χ1n) is 8.08. The van der Waals surface area contributed by atoms with E-state index in [0.717, 1.165) is 24.5 Å². The van der Waals surface area contributed by atoms with Crippen LogP contribution in [0.4, 0.5) is 10.6 Å². The van der Waals surface area contributed by atoms with Gasteiger partial charge in [0.25, 0.3) is 0 Å². The number of nitrogens with zero attached hydrogens (tertiary/aromatic N) is 2. The number of anilines is 1. The van der Waals surface area contributed by atoms with Gasteiger partial charge in [-0.25, -0.2) is 9.78 Å². The second kappa shape index (κ2) is 8.58. The number of hydrogen-bond donors (Lipinski definition) is 3. The molecule has 1 aromatic heterocycles. The van der Waals surface area contributed by atoms with Gasteiger partial charge in [-0.3, -0.25) is 0 Å². The number of aliphatic hydroxyl groups excluding tert-OH is 1. The summed E-state index contributed by atoms with van der Waals surface area (Å²) in [7, 11) is 0. The first kappa shape index (κ1) is 16.5. The molecular weight excluding hydrogens is 280 g/mol. The van der Waals surface area contributed by atoms with Crippen molar-refractivity contribution >= 4 is 11.8 Å². The number of piperidine rings is 1. The van der Waals surface area contributed by atoms with Crippen LogP contribution in [0, 0.1) is 0 Å². The zero-order valence-corrected chi connectivity index (χ0v) is 13.2. The maximum absolute atomic E-state index is 11.8. The number of nitrogens with one attached hydrogen (secondary N) is 2. The Balaban J connectivity index is 1.86. The lowest BCUT2D eigenvalue weighted by atomic mass is 10.1. The molecule has 0 radical (unpaired) electrons. The average Bonchev–Trinajstić information content (AvgIpc) is 2.59. The van der Waals surface area contributed by atoms with Gasteiger partial charge in [-0.05, 0) is 43.4 Å². The lowest BCUT2D eigenvalue weighted by Crippen LogP contribution is -2.43. The molecule has 1 aliphatic rings. The smallest absolute Gasteiger partial charge is 0.315 e. The lowest BCUT2D eigenvalue weighted by Gasteiger charge is -2.28. The minimum absolute atomic E-state index is 0.0434. The Labute approximate surface area is 131 Å². The number of hydrogen-bond acceptors (Lipinski definition) is 4. The normalized spacial score (nSPS) is 16.2. The second-order valence-electron chi connectivity index (χ2n) is 5.68. The molecule has 6 heteroatoms. The number of aliphatic hydroxyl groups is 1. The van der Waals surface area contributed by atoms with Gasteiger partial charge in [-0.2, -0.15) is 0 Å². The van der Waals surface area contributed by atoms with E-state index in [1.807, 2.05) is 19.1 Å². The van der Waals surface area contributed by atoms with Crippen LogP contribution in [-0.4, -0.2) is 41.9 Å². The first-order valence-corrected chi connectivity index (χ1v) is 8.08. The Morgan fingerprint density at radius 1 is 1.41 bits per heavy atom. The third kappa shape index (κ3) is 4.87. The molecule has 2 rings (SSSR count). The minimum atomic E-state index is -0.253. The highest BCUT2D eigenvalue weighted by atomic mass is 16.3. The van der Waals surface area contributed by atoms with Crippen LogP contribution >= 0.6 is 0 Å². The van der Waals surface area contributed by atoms with Gasteiger partial charge >= 0.3 is 6.03 Å². The van der Waals surface area contributed by atoms with Crippen molar-refractivity contribution in [1.82, 2.24) is 15.6 Å². The number of aromatic nitrogens is 1. The highest BCUT2D eigenvalue weighted by molar-refractivity contribution is 5.74. The third-order valence-electron chi connectivity index (χ3n) is 3.99. The molecule has 0 unspecified atom stereocenters. The molecule has 1 aliphatic heterocycles. The van der Waals surface area contributed by atoms with E-state index in [2.05, 4.69) is 20.5 Å². The van der Waals surface area contributed by atoms with E-state index in [-0.39, 0.29) is 18.7 Å². The standard InChI is InChI=1S/C16H26N4O2/c1-2-14(12-21)19-16(22)18-11-13-6-7-17-15(10-13)20-8-4-3-5-9-20/h6-7,10,14,21H,2-5,8-9,11-12H2,1H3,(H2,18,19,22)/t14-/m1/s1. The van der Waals surface area contributed by atoms with Gasteiger partial charge < -0.3 is 20.6 Å². The Bertz CT molecular complexity index is 471. The highest BCUT2D eigenvalue weighted by Gasteiger charge is 2.13. The zero-order chi connectivity index (χ0) is 15.8. The molecule has 0 aromatic carbocycles. The van der Waals surface area contributed by atoms with Crippen molar-refractivity contribution < 1.29 is 9.90 Å². The summed E-state index contributed by atoms with van der Waals surface area (Å²) in [6.45, 7) is 4.45. The Kier molecular flexibility index (Phi) is 6.45. The van der Waals surface area contributed by atoms with Crippen LogP contribution in [0.1, 0.15) is 38.2 Å². The van der Waals surface area contributed by atoms with Gasteiger partial charge in [0.05, 0.1) is 12.6 Å².